The molecule has 0 fully saturated rings. The van der Waals surface area contributed by atoms with Gasteiger partial charge in [0.1, 0.15) is 0 Å². The minimum absolute atomic E-state index is 0.0946. The van der Waals surface area contributed by atoms with E-state index in [9.17, 15) is 23.1 Å². The predicted octanol–water partition coefficient (Wildman–Crippen LogP) is 5.89. The highest BCUT2D eigenvalue weighted by Crippen LogP contribution is 2.39. The van der Waals surface area contributed by atoms with E-state index in [0.29, 0.717) is 33.9 Å². The number of aliphatic carboxylic acids is 1. The third-order valence-electron chi connectivity index (χ3n) is 6.94. The fourth-order valence-corrected chi connectivity index (χ4v) is 5.72. The van der Waals surface area contributed by atoms with Crippen LogP contribution in [0.4, 0.5) is 17.1 Å². The van der Waals surface area contributed by atoms with Crippen LogP contribution in [0.1, 0.15) is 30.6 Å². The first-order chi connectivity index (χ1) is 20.1. The van der Waals surface area contributed by atoms with Crippen molar-refractivity contribution in [3.05, 3.63) is 101 Å². The summed E-state index contributed by atoms with van der Waals surface area (Å²) in [6.07, 6.45) is -1.04. The first-order valence-electron chi connectivity index (χ1n) is 13.0. The number of carbonyl (C=O) groups excluding carboxylic acids is 1. The number of ether oxygens (including phenoxy) is 2. The lowest BCUT2D eigenvalue weighted by Crippen LogP contribution is -2.34. The Labute approximate surface area is 250 Å². The molecule has 0 aliphatic heterocycles. The van der Waals surface area contributed by atoms with Crippen LogP contribution in [0, 0.1) is 0 Å². The molecule has 4 rings (SSSR count). The number of fused-ring (bicyclic) bond motifs is 1. The Hall–Kier alpha value is -4.12. The summed E-state index contributed by atoms with van der Waals surface area (Å²) in [4.78, 5) is 25.7. The summed E-state index contributed by atoms with van der Waals surface area (Å²) >= 11 is 6.08. The Kier molecular flexibility index (Phi) is 10.1. The van der Waals surface area contributed by atoms with E-state index in [0.717, 1.165) is 16.6 Å². The predicted molar refractivity (Wildman–Crippen MR) is 164 cm³/mol. The van der Waals surface area contributed by atoms with Gasteiger partial charge in [0.05, 0.1) is 24.9 Å². The second-order valence-electron chi connectivity index (χ2n) is 9.63. The molecule has 0 saturated heterocycles. The summed E-state index contributed by atoms with van der Waals surface area (Å²) in [6.45, 7) is 2.26. The zero-order valence-electron chi connectivity index (χ0n) is 23.3. The average molecular weight is 611 g/mol. The summed E-state index contributed by atoms with van der Waals surface area (Å²) in [5, 5.41) is 11.6. The van der Waals surface area contributed by atoms with E-state index in [2.05, 4.69) is 0 Å². The van der Waals surface area contributed by atoms with Gasteiger partial charge in [-0.3, -0.25) is 4.79 Å². The summed E-state index contributed by atoms with van der Waals surface area (Å²) in [6, 6.07) is 24.3. The van der Waals surface area contributed by atoms with Crippen LogP contribution in [0.2, 0.25) is 5.02 Å². The Bertz CT molecular complexity index is 1630. The van der Waals surface area contributed by atoms with Crippen molar-refractivity contribution in [1.82, 2.24) is 0 Å². The van der Waals surface area contributed by atoms with Crippen LogP contribution in [0.3, 0.4) is 0 Å². The molecule has 9 nitrogen and oxygen atoms in total. The summed E-state index contributed by atoms with van der Waals surface area (Å²) in [5.74, 6) is -1.50. The number of carboxylic acids is 1. The van der Waals surface area contributed by atoms with E-state index in [1.807, 2.05) is 54.3 Å². The normalized spacial score (nSPS) is 12.6. The van der Waals surface area contributed by atoms with Crippen molar-refractivity contribution < 1.29 is 32.6 Å². The zero-order valence-corrected chi connectivity index (χ0v) is 24.9. The lowest BCUT2D eigenvalue weighted by atomic mass is 10.0. The number of hydrogen-bond donors (Lipinski definition) is 2. The lowest BCUT2D eigenvalue weighted by molar-refractivity contribution is -0.152. The highest BCUT2D eigenvalue weighted by Gasteiger charge is 2.24. The van der Waals surface area contributed by atoms with Crippen LogP contribution < -0.4 is 9.21 Å². The van der Waals surface area contributed by atoms with Crippen molar-refractivity contribution in [2.45, 2.75) is 32.0 Å². The molecule has 42 heavy (non-hydrogen) atoms. The molecule has 4 aromatic carbocycles. The van der Waals surface area contributed by atoms with Gasteiger partial charge in [0.25, 0.3) is 0 Å². The number of nitrogens with zero attached hydrogens (tertiary/aromatic N) is 2. The smallest absolute Gasteiger partial charge is 0.339 e. The van der Waals surface area contributed by atoms with E-state index in [1.54, 1.807) is 42.5 Å². The highest BCUT2D eigenvalue weighted by molar-refractivity contribution is 7.74. The average Bonchev–Trinajstić information content (AvgIpc) is 2.97. The minimum atomic E-state index is -3.12. The molecule has 0 spiro atoms. The minimum Gasteiger partial charge on any atom is -0.481 e. The largest absolute Gasteiger partial charge is 0.481 e. The topological polar surface area (TPSA) is 113 Å². The van der Waals surface area contributed by atoms with Crippen molar-refractivity contribution in [1.29, 1.82) is 0 Å². The van der Waals surface area contributed by atoms with Gasteiger partial charge < -0.3 is 19.5 Å². The zero-order chi connectivity index (χ0) is 30.4. The van der Waals surface area contributed by atoms with E-state index < -0.39 is 28.9 Å². The number of rotatable bonds is 12. The standard InChI is InChI=1S/C31H31ClN2O7S/c1-20(18-29(35)36)33(19-21-8-12-23(32)13-9-21)27-16-17-28(26-7-5-4-6-25(26)27)34(42(38)39)24-14-10-22(11-15-24)30(40-2)31(37)41-3/h4-17,20,30,42H,18-19H2,1-3H3,(H,35,36)/t20-,30?/m0/s1. The fraction of sp³-hybridized carbons (Fsp3) is 0.226. The maximum Gasteiger partial charge on any atom is 0.339 e. The first kappa shape index (κ1) is 30.8. The van der Waals surface area contributed by atoms with Gasteiger partial charge >= 0.3 is 11.9 Å². The molecule has 0 bridgehead atoms. The quantitative estimate of drug-likeness (QED) is 0.151. The summed E-state index contributed by atoms with van der Waals surface area (Å²) in [5.41, 5.74) is 3.00. The molecule has 2 atom stereocenters. The van der Waals surface area contributed by atoms with Crippen LogP contribution in [0.5, 0.6) is 0 Å². The van der Waals surface area contributed by atoms with E-state index >= 15 is 0 Å². The van der Waals surface area contributed by atoms with Crippen LogP contribution >= 0.6 is 11.6 Å². The van der Waals surface area contributed by atoms with Crippen LogP contribution in [0.15, 0.2) is 84.9 Å². The summed E-state index contributed by atoms with van der Waals surface area (Å²) < 4.78 is 36.6. The Morgan fingerprint density at radius 1 is 0.881 bits per heavy atom. The van der Waals surface area contributed by atoms with Crippen LogP contribution in [-0.2, 0) is 36.5 Å². The molecule has 0 aliphatic rings. The molecule has 0 heterocycles. The molecule has 0 radical (unpaired) electrons. The molecule has 11 heteroatoms. The third kappa shape index (κ3) is 6.84. The number of halogens is 1. The number of anilines is 3. The number of benzene rings is 4. The number of carbonyl (C=O) groups is 2. The SMILES string of the molecule is COC(=O)C(OC)c1ccc(N(c2ccc(N(Cc3ccc(Cl)cc3)[C@@H](C)CC(=O)O)c3ccccc23)[SH](=O)=O)cc1. The Balaban J connectivity index is 1.81. The van der Waals surface area contributed by atoms with Crippen LogP contribution in [-0.4, -0.2) is 45.7 Å². The van der Waals surface area contributed by atoms with Crippen molar-refractivity contribution in [3.63, 3.8) is 0 Å². The molecule has 0 amide bonds. The second-order valence-corrected chi connectivity index (χ2v) is 10.9. The molecular weight excluding hydrogens is 580 g/mol. The lowest BCUT2D eigenvalue weighted by Gasteiger charge is -2.33. The summed E-state index contributed by atoms with van der Waals surface area (Å²) in [7, 11) is -0.469. The fourth-order valence-electron chi connectivity index (χ4n) is 4.92. The van der Waals surface area contributed by atoms with Gasteiger partial charge in [-0.2, -0.15) is 0 Å². The highest BCUT2D eigenvalue weighted by atomic mass is 35.5. The number of hydrogen-bond acceptors (Lipinski definition) is 7. The van der Waals surface area contributed by atoms with E-state index in [4.69, 9.17) is 21.1 Å². The van der Waals surface area contributed by atoms with Gasteiger partial charge in [-0.05, 0) is 54.4 Å². The second kappa shape index (κ2) is 13.7. The van der Waals surface area contributed by atoms with Gasteiger partial charge in [0.15, 0.2) is 6.10 Å². The van der Waals surface area contributed by atoms with Crippen molar-refractivity contribution in [3.8, 4) is 0 Å². The molecule has 1 unspecified atom stereocenters. The Morgan fingerprint density at radius 3 is 2.02 bits per heavy atom. The Morgan fingerprint density at radius 2 is 1.48 bits per heavy atom. The molecular formula is C31H31ClN2O7S. The number of carboxylic acid groups (broad SMARTS) is 1. The molecule has 4 aromatic rings. The van der Waals surface area contributed by atoms with Crippen molar-refractivity contribution >= 4 is 62.3 Å². The number of esters is 1. The van der Waals surface area contributed by atoms with Gasteiger partial charge in [-0.25, -0.2) is 17.5 Å². The third-order valence-corrected chi connectivity index (χ3v) is 7.96. The molecule has 0 aliphatic carbocycles. The van der Waals surface area contributed by atoms with Gasteiger partial charge in [-0.1, -0.05) is 60.1 Å². The maximum absolute atomic E-state index is 12.7. The monoisotopic (exact) mass is 610 g/mol. The van der Waals surface area contributed by atoms with Crippen molar-refractivity contribution in [2.24, 2.45) is 0 Å². The van der Waals surface area contributed by atoms with Crippen LogP contribution in [0.25, 0.3) is 10.8 Å². The maximum atomic E-state index is 12.7. The first-order valence-corrected chi connectivity index (χ1v) is 14.5. The molecule has 220 valence electrons. The number of methoxy groups -OCH3 is 2. The van der Waals surface area contributed by atoms with E-state index in [1.165, 1.54) is 18.5 Å². The molecule has 0 saturated carbocycles. The number of thiol groups is 1. The van der Waals surface area contributed by atoms with Gasteiger partial charge in [-0.15, -0.1) is 0 Å². The van der Waals surface area contributed by atoms with E-state index in [-0.39, 0.29) is 12.5 Å². The molecule has 0 aromatic heterocycles. The van der Waals surface area contributed by atoms with Gasteiger partial charge in [0.2, 0.25) is 10.9 Å². The van der Waals surface area contributed by atoms with Crippen molar-refractivity contribution in [2.75, 3.05) is 23.4 Å². The van der Waals surface area contributed by atoms with Gasteiger partial charge in [0, 0.05) is 41.2 Å². The molecule has 1 N–H and O–H groups in total.